The lowest BCUT2D eigenvalue weighted by atomic mass is 10.1. The summed E-state index contributed by atoms with van der Waals surface area (Å²) in [5.74, 6) is 0.241. The molecule has 0 saturated carbocycles. The number of hydrogen-bond donors (Lipinski definition) is 1. The van der Waals surface area contributed by atoms with Gasteiger partial charge in [0.1, 0.15) is 0 Å². The number of nitrogens with two attached hydrogens (primary N) is 1. The third-order valence-electron chi connectivity index (χ3n) is 2.54. The molecule has 0 aliphatic carbocycles. The maximum Gasteiger partial charge on any atom is 0.225 e. The van der Waals surface area contributed by atoms with Crippen LogP contribution in [-0.2, 0) is 4.79 Å². The molecule has 0 aliphatic heterocycles. The Morgan fingerprint density at radius 3 is 2.36 bits per heavy atom. The van der Waals surface area contributed by atoms with Crippen LogP contribution in [0.1, 0.15) is 33.6 Å². The van der Waals surface area contributed by atoms with Crippen LogP contribution in [0.3, 0.4) is 0 Å². The van der Waals surface area contributed by atoms with Crippen molar-refractivity contribution in [2.45, 2.75) is 39.7 Å². The highest BCUT2D eigenvalue weighted by molar-refractivity contribution is 7.80. The van der Waals surface area contributed by atoms with Crippen molar-refractivity contribution in [2.24, 2.45) is 11.7 Å². The Labute approximate surface area is 91.6 Å². The number of hydrogen-bond acceptors (Lipinski definition) is 2. The SMILES string of the molecule is CCC(C)C(=O)N(C)C(C)CC(N)=S. The predicted octanol–water partition coefficient (Wildman–Crippen LogP) is 1.56. The summed E-state index contributed by atoms with van der Waals surface area (Å²) in [6, 6.07) is 0.0917. The first kappa shape index (κ1) is 13.4. The van der Waals surface area contributed by atoms with Gasteiger partial charge in [-0.2, -0.15) is 0 Å². The van der Waals surface area contributed by atoms with Crippen LogP contribution in [0.15, 0.2) is 0 Å². The molecule has 0 bridgehead atoms. The highest BCUT2D eigenvalue weighted by atomic mass is 32.1. The van der Waals surface area contributed by atoms with Gasteiger partial charge < -0.3 is 10.6 Å². The van der Waals surface area contributed by atoms with Crippen molar-refractivity contribution in [1.29, 1.82) is 0 Å². The Morgan fingerprint density at radius 1 is 1.50 bits per heavy atom. The van der Waals surface area contributed by atoms with E-state index < -0.39 is 0 Å². The molecule has 1 amide bonds. The second-order valence-electron chi connectivity index (χ2n) is 3.78. The van der Waals surface area contributed by atoms with Gasteiger partial charge in [-0.3, -0.25) is 4.79 Å². The van der Waals surface area contributed by atoms with Crippen LogP contribution in [0.25, 0.3) is 0 Å². The van der Waals surface area contributed by atoms with E-state index in [-0.39, 0.29) is 17.9 Å². The molecule has 0 radical (unpaired) electrons. The number of thiocarbonyl (C=S) groups is 1. The minimum Gasteiger partial charge on any atom is -0.393 e. The molecule has 0 aliphatic rings. The first-order valence-electron chi connectivity index (χ1n) is 4.95. The summed E-state index contributed by atoms with van der Waals surface area (Å²) < 4.78 is 0. The van der Waals surface area contributed by atoms with Crippen molar-refractivity contribution in [3.05, 3.63) is 0 Å². The average molecular weight is 216 g/mol. The number of carbonyl (C=O) groups is 1. The first-order chi connectivity index (χ1) is 6.40. The van der Waals surface area contributed by atoms with E-state index >= 15 is 0 Å². The van der Waals surface area contributed by atoms with E-state index in [0.29, 0.717) is 11.4 Å². The number of amides is 1. The second-order valence-corrected chi connectivity index (χ2v) is 4.30. The van der Waals surface area contributed by atoms with E-state index in [2.05, 4.69) is 0 Å². The van der Waals surface area contributed by atoms with Crippen LogP contribution in [-0.4, -0.2) is 28.9 Å². The first-order valence-corrected chi connectivity index (χ1v) is 5.35. The van der Waals surface area contributed by atoms with Crippen LogP contribution in [0.4, 0.5) is 0 Å². The predicted molar refractivity (Wildman–Crippen MR) is 63.1 cm³/mol. The summed E-state index contributed by atoms with van der Waals surface area (Å²) in [7, 11) is 1.80. The van der Waals surface area contributed by atoms with Crippen molar-refractivity contribution in [2.75, 3.05) is 7.05 Å². The fourth-order valence-electron chi connectivity index (χ4n) is 1.17. The minimum atomic E-state index is 0.0776. The third-order valence-corrected chi connectivity index (χ3v) is 2.71. The molecular formula is C10H20N2OS. The van der Waals surface area contributed by atoms with E-state index in [0.717, 1.165) is 6.42 Å². The molecule has 14 heavy (non-hydrogen) atoms. The summed E-state index contributed by atoms with van der Waals surface area (Å²) >= 11 is 4.81. The summed E-state index contributed by atoms with van der Waals surface area (Å²) in [6.07, 6.45) is 1.46. The maximum atomic E-state index is 11.7. The largest absolute Gasteiger partial charge is 0.393 e. The number of rotatable bonds is 5. The van der Waals surface area contributed by atoms with Gasteiger partial charge in [0.25, 0.3) is 0 Å². The van der Waals surface area contributed by atoms with Gasteiger partial charge in [0, 0.05) is 25.4 Å². The number of carbonyl (C=O) groups excluding carboxylic acids is 1. The minimum absolute atomic E-state index is 0.0776. The summed E-state index contributed by atoms with van der Waals surface area (Å²) in [6.45, 7) is 5.90. The van der Waals surface area contributed by atoms with E-state index in [9.17, 15) is 4.79 Å². The molecule has 2 atom stereocenters. The highest BCUT2D eigenvalue weighted by Crippen LogP contribution is 2.09. The fourth-order valence-corrected chi connectivity index (χ4v) is 1.41. The molecule has 0 spiro atoms. The van der Waals surface area contributed by atoms with Crippen molar-refractivity contribution >= 4 is 23.1 Å². The summed E-state index contributed by atoms with van der Waals surface area (Å²) in [5, 5.41) is 0. The van der Waals surface area contributed by atoms with E-state index in [1.54, 1.807) is 11.9 Å². The zero-order valence-corrected chi connectivity index (χ0v) is 10.2. The molecule has 4 heteroatoms. The Balaban J connectivity index is 4.23. The highest BCUT2D eigenvalue weighted by Gasteiger charge is 2.20. The lowest BCUT2D eigenvalue weighted by Gasteiger charge is -2.27. The molecule has 2 unspecified atom stereocenters. The molecule has 0 rings (SSSR count). The Morgan fingerprint density at radius 2 is 2.00 bits per heavy atom. The van der Waals surface area contributed by atoms with Crippen molar-refractivity contribution in [3.63, 3.8) is 0 Å². The average Bonchev–Trinajstić information content (AvgIpc) is 2.13. The number of nitrogens with zero attached hydrogens (tertiary/aromatic N) is 1. The van der Waals surface area contributed by atoms with Crippen LogP contribution in [0.2, 0.25) is 0 Å². The lowest BCUT2D eigenvalue weighted by molar-refractivity contribution is -0.135. The summed E-state index contributed by atoms with van der Waals surface area (Å²) in [5.41, 5.74) is 5.43. The van der Waals surface area contributed by atoms with Gasteiger partial charge in [-0.15, -0.1) is 0 Å². The van der Waals surface area contributed by atoms with Crippen molar-refractivity contribution in [3.8, 4) is 0 Å². The Kier molecular flexibility index (Phi) is 5.69. The molecule has 0 aromatic heterocycles. The Bertz CT molecular complexity index is 218. The zero-order valence-electron chi connectivity index (χ0n) is 9.41. The standard InChI is InChI=1S/C10H20N2OS/c1-5-7(2)10(13)12(4)8(3)6-9(11)14/h7-8H,5-6H2,1-4H3,(H2,11,14). The van der Waals surface area contributed by atoms with Gasteiger partial charge in [0.2, 0.25) is 5.91 Å². The Hall–Kier alpha value is -0.640. The molecule has 3 nitrogen and oxygen atoms in total. The smallest absolute Gasteiger partial charge is 0.225 e. The maximum absolute atomic E-state index is 11.7. The lowest BCUT2D eigenvalue weighted by Crippen LogP contribution is -2.40. The molecule has 0 aromatic carbocycles. The molecule has 0 aromatic rings. The van der Waals surface area contributed by atoms with Gasteiger partial charge in [0.05, 0.1) is 4.99 Å². The van der Waals surface area contributed by atoms with E-state index in [4.69, 9.17) is 18.0 Å². The van der Waals surface area contributed by atoms with Crippen LogP contribution >= 0.6 is 12.2 Å². The van der Waals surface area contributed by atoms with Crippen molar-refractivity contribution in [1.82, 2.24) is 4.90 Å². The molecule has 0 fully saturated rings. The monoisotopic (exact) mass is 216 g/mol. The van der Waals surface area contributed by atoms with Gasteiger partial charge in [0.15, 0.2) is 0 Å². The van der Waals surface area contributed by atoms with Crippen LogP contribution in [0.5, 0.6) is 0 Å². The van der Waals surface area contributed by atoms with Gasteiger partial charge in [-0.05, 0) is 13.3 Å². The van der Waals surface area contributed by atoms with Gasteiger partial charge >= 0.3 is 0 Å². The topological polar surface area (TPSA) is 46.3 Å². The fraction of sp³-hybridized carbons (Fsp3) is 0.800. The molecular weight excluding hydrogens is 196 g/mol. The summed E-state index contributed by atoms with van der Waals surface area (Å²) in [4.78, 5) is 13.9. The zero-order chi connectivity index (χ0) is 11.3. The second kappa shape index (κ2) is 5.96. The molecule has 0 saturated heterocycles. The van der Waals surface area contributed by atoms with E-state index in [1.807, 2.05) is 20.8 Å². The third kappa shape index (κ3) is 4.05. The van der Waals surface area contributed by atoms with Gasteiger partial charge in [-0.1, -0.05) is 26.1 Å². The molecule has 0 heterocycles. The molecule has 82 valence electrons. The van der Waals surface area contributed by atoms with Gasteiger partial charge in [-0.25, -0.2) is 0 Å². The van der Waals surface area contributed by atoms with Crippen LogP contribution < -0.4 is 5.73 Å². The van der Waals surface area contributed by atoms with Crippen LogP contribution in [0, 0.1) is 5.92 Å². The quantitative estimate of drug-likeness (QED) is 0.709. The van der Waals surface area contributed by atoms with Crippen molar-refractivity contribution < 1.29 is 4.79 Å². The van der Waals surface area contributed by atoms with E-state index in [1.165, 1.54) is 0 Å². The normalized spacial score (nSPS) is 14.6. The molecule has 2 N–H and O–H groups in total.